The minimum Gasteiger partial charge on any atom is -0.375 e. The maximum atomic E-state index is 13.6. The van der Waals surface area contributed by atoms with Gasteiger partial charge in [-0.1, -0.05) is 11.6 Å². The van der Waals surface area contributed by atoms with E-state index in [1.807, 2.05) is 0 Å². The fourth-order valence-electron chi connectivity index (χ4n) is 2.31. The first-order valence-corrected chi connectivity index (χ1v) is 6.72. The average Bonchev–Trinajstić information content (AvgIpc) is 2.83. The largest absolute Gasteiger partial charge is 0.375 e. The zero-order chi connectivity index (χ0) is 13.2. The second-order valence-electron chi connectivity index (χ2n) is 4.62. The molecule has 0 amide bonds. The number of anilines is 1. The molecule has 2 aromatic rings. The van der Waals surface area contributed by atoms with Gasteiger partial charge >= 0.3 is 0 Å². The van der Waals surface area contributed by atoms with Gasteiger partial charge in [0.15, 0.2) is 5.82 Å². The van der Waals surface area contributed by atoms with Crippen LogP contribution in [0, 0.1) is 5.82 Å². The molecule has 0 radical (unpaired) electrons. The normalized spacial score (nSPS) is 14.2. The van der Waals surface area contributed by atoms with E-state index in [1.54, 1.807) is 6.07 Å². The lowest BCUT2D eigenvalue weighted by Gasteiger charge is -2.15. The van der Waals surface area contributed by atoms with E-state index in [0.29, 0.717) is 17.3 Å². The predicted octanol–water partition coefficient (Wildman–Crippen LogP) is 3.02. The highest BCUT2D eigenvalue weighted by molar-refractivity contribution is 6.30. The Bertz CT molecular complexity index is 596. The van der Waals surface area contributed by atoms with E-state index < -0.39 is 0 Å². The number of hydrogen-bond donors (Lipinski definition) is 1. The molecule has 1 aromatic heterocycles. The van der Waals surface area contributed by atoms with Crippen molar-refractivity contribution < 1.29 is 4.39 Å². The van der Waals surface area contributed by atoms with Crippen molar-refractivity contribution >= 4 is 17.3 Å². The fourth-order valence-corrected chi connectivity index (χ4v) is 2.48. The Morgan fingerprint density at radius 2 is 2.21 bits per heavy atom. The molecule has 0 bridgehead atoms. The molecule has 0 fully saturated rings. The van der Waals surface area contributed by atoms with Crippen LogP contribution in [-0.2, 0) is 19.5 Å². The summed E-state index contributed by atoms with van der Waals surface area (Å²) in [5, 5.41) is 11.9. The second-order valence-corrected chi connectivity index (χ2v) is 5.06. The van der Waals surface area contributed by atoms with E-state index in [9.17, 15) is 4.39 Å². The number of halogens is 2. The Morgan fingerprint density at radius 3 is 3.11 bits per heavy atom. The first-order chi connectivity index (χ1) is 9.24. The van der Waals surface area contributed by atoms with Crippen LogP contribution >= 0.6 is 11.6 Å². The minimum absolute atomic E-state index is 0.317. The minimum atomic E-state index is -0.317. The quantitative estimate of drug-likeness (QED) is 0.940. The van der Waals surface area contributed by atoms with E-state index in [-0.39, 0.29) is 5.82 Å². The van der Waals surface area contributed by atoms with E-state index in [4.69, 9.17) is 11.6 Å². The van der Waals surface area contributed by atoms with Crippen LogP contribution < -0.4 is 5.32 Å². The van der Waals surface area contributed by atoms with E-state index in [2.05, 4.69) is 20.1 Å². The summed E-state index contributed by atoms with van der Waals surface area (Å²) in [6.45, 7) is 1.39. The van der Waals surface area contributed by atoms with Crippen LogP contribution in [0.25, 0.3) is 0 Å². The molecule has 4 nitrogen and oxygen atoms in total. The van der Waals surface area contributed by atoms with Crippen molar-refractivity contribution in [3.8, 4) is 0 Å². The molecule has 0 atom stereocenters. The van der Waals surface area contributed by atoms with Crippen molar-refractivity contribution in [3.05, 3.63) is 40.7 Å². The smallest absolute Gasteiger partial charge is 0.152 e. The average molecular weight is 281 g/mol. The molecule has 0 unspecified atom stereocenters. The van der Waals surface area contributed by atoms with Crippen LogP contribution in [0.1, 0.15) is 24.5 Å². The van der Waals surface area contributed by atoms with Gasteiger partial charge < -0.3 is 9.88 Å². The lowest BCUT2D eigenvalue weighted by molar-refractivity contribution is 0.509. The van der Waals surface area contributed by atoms with Crippen molar-refractivity contribution in [1.29, 1.82) is 0 Å². The summed E-state index contributed by atoms with van der Waals surface area (Å²) >= 11 is 5.85. The molecule has 0 saturated heterocycles. The van der Waals surface area contributed by atoms with Crippen molar-refractivity contribution in [2.24, 2.45) is 0 Å². The molecule has 1 aliphatic rings. The van der Waals surface area contributed by atoms with Crippen LogP contribution in [0.2, 0.25) is 5.02 Å². The highest BCUT2D eigenvalue weighted by atomic mass is 35.5. The van der Waals surface area contributed by atoms with E-state index >= 15 is 0 Å². The zero-order valence-electron chi connectivity index (χ0n) is 10.4. The lowest BCUT2D eigenvalue weighted by atomic mass is 10.2. The molecule has 0 saturated carbocycles. The molecule has 0 spiro atoms. The van der Waals surface area contributed by atoms with Gasteiger partial charge in [-0.05, 0) is 31.0 Å². The third-order valence-electron chi connectivity index (χ3n) is 3.30. The lowest BCUT2D eigenvalue weighted by Crippen LogP contribution is -2.15. The summed E-state index contributed by atoms with van der Waals surface area (Å²) in [7, 11) is 0. The van der Waals surface area contributed by atoms with E-state index in [1.165, 1.54) is 12.1 Å². The van der Waals surface area contributed by atoms with Gasteiger partial charge in [0.05, 0.1) is 12.2 Å². The number of nitrogens with one attached hydrogen (secondary N) is 1. The van der Waals surface area contributed by atoms with Crippen molar-refractivity contribution in [2.45, 2.75) is 32.4 Å². The number of rotatable bonds is 3. The summed E-state index contributed by atoms with van der Waals surface area (Å²) in [5.41, 5.74) is 0.389. The first kappa shape index (κ1) is 12.4. The summed E-state index contributed by atoms with van der Waals surface area (Å²) < 4.78 is 15.7. The van der Waals surface area contributed by atoms with Crippen LogP contribution in [-0.4, -0.2) is 14.8 Å². The summed E-state index contributed by atoms with van der Waals surface area (Å²) in [4.78, 5) is 0. The SMILES string of the molecule is Fc1ccc(Cl)cc1NCc1nnc2n1CCCC2. The van der Waals surface area contributed by atoms with Crippen molar-refractivity contribution in [3.63, 3.8) is 0 Å². The monoisotopic (exact) mass is 280 g/mol. The van der Waals surface area contributed by atoms with Gasteiger partial charge in [-0.25, -0.2) is 4.39 Å². The molecule has 2 heterocycles. The number of fused-ring (bicyclic) bond motifs is 1. The molecule has 1 aromatic carbocycles. The van der Waals surface area contributed by atoms with Crippen molar-refractivity contribution in [1.82, 2.24) is 14.8 Å². The van der Waals surface area contributed by atoms with Crippen LogP contribution in [0.15, 0.2) is 18.2 Å². The van der Waals surface area contributed by atoms with Gasteiger partial charge in [0.1, 0.15) is 11.6 Å². The molecule has 0 aliphatic carbocycles. The van der Waals surface area contributed by atoms with Crippen LogP contribution in [0.4, 0.5) is 10.1 Å². The highest BCUT2D eigenvalue weighted by Crippen LogP contribution is 2.21. The molecule has 100 valence electrons. The number of nitrogens with zero attached hydrogens (tertiary/aromatic N) is 3. The van der Waals surface area contributed by atoms with Crippen LogP contribution in [0.3, 0.4) is 0 Å². The third kappa shape index (κ3) is 2.56. The molecule has 19 heavy (non-hydrogen) atoms. The standard InChI is InChI=1S/C13H14ClFN4/c14-9-4-5-10(15)11(7-9)16-8-13-18-17-12-3-1-2-6-19(12)13/h4-5,7,16H,1-3,6,8H2. The predicted molar refractivity (Wildman–Crippen MR) is 71.7 cm³/mol. The van der Waals surface area contributed by atoms with E-state index in [0.717, 1.165) is 37.5 Å². The number of aryl methyl sites for hydroxylation is 1. The van der Waals surface area contributed by atoms with Gasteiger partial charge in [0.25, 0.3) is 0 Å². The van der Waals surface area contributed by atoms with Crippen molar-refractivity contribution in [2.75, 3.05) is 5.32 Å². The number of benzene rings is 1. The molecule has 1 aliphatic heterocycles. The summed E-state index contributed by atoms with van der Waals surface area (Å²) in [5.74, 6) is 1.55. The Morgan fingerprint density at radius 1 is 1.32 bits per heavy atom. The number of hydrogen-bond acceptors (Lipinski definition) is 3. The van der Waals surface area contributed by atoms with Gasteiger partial charge in [0.2, 0.25) is 0 Å². The van der Waals surface area contributed by atoms with Gasteiger partial charge in [-0.2, -0.15) is 0 Å². The molecular formula is C13H14ClFN4. The number of aromatic nitrogens is 3. The van der Waals surface area contributed by atoms with Gasteiger partial charge in [-0.15, -0.1) is 10.2 Å². The maximum absolute atomic E-state index is 13.6. The fraction of sp³-hybridized carbons (Fsp3) is 0.385. The topological polar surface area (TPSA) is 42.7 Å². The highest BCUT2D eigenvalue weighted by Gasteiger charge is 2.15. The summed E-state index contributed by atoms with van der Waals surface area (Å²) in [6.07, 6.45) is 3.27. The molecular weight excluding hydrogens is 267 g/mol. The van der Waals surface area contributed by atoms with Gasteiger partial charge in [0, 0.05) is 18.0 Å². The summed E-state index contributed by atoms with van der Waals surface area (Å²) in [6, 6.07) is 4.45. The molecule has 6 heteroatoms. The molecule has 3 rings (SSSR count). The molecule has 1 N–H and O–H groups in total. The zero-order valence-corrected chi connectivity index (χ0v) is 11.1. The third-order valence-corrected chi connectivity index (χ3v) is 3.54. The Kier molecular flexibility index (Phi) is 3.38. The second kappa shape index (κ2) is 5.17. The Hall–Kier alpha value is -1.62. The maximum Gasteiger partial charge on any atom is 0.152 e. The first-order valence-electron chi connectivity index (χ1n) is 6.34. The Labute approximate surface area is 115 Å². The van der Waals surface area contributed by atoms with Crippen LogP contribution in [0.5, 0.6) is 0 Å². The van der Waals surface area contributed by atoms with Gasteiger partial charge in [-0.3, -0.25) is 0 Å². The Balaban J connectivity index is 1.75.